The van der Waals surface area contributed by atoms with E-state index in [1.54, 1.807) is 0 Å². The Balaban J connectivity index is 1.67. The normalized spacial score (nSPS) is 18.6. The predicted molar refractivity (Wildman–Crippen MR) is 88.0 cm³/mol. The number of halogens is 1. The molecule has 0 aromatic heterocycles. The molecule has 1 aromatic rings. The molecule has 0 radical (unpaired) electrons. The Bertz CT molecular complexity index is 472. The van der Waals surface area contributed by atoms with E-state index in [4.69, 9.17) is 16.7 Å². The third-order valence-electron chi connectivity index (χ3n) is 4.60. The molecular weight excluding hydrogens is 284 g/mol. The Labute approximate surface area is 132 Å². The monoisotopic (exact) mass is 308 g/mol. The first kappa shape index (κ1) is 15.1. The lowest BCUT2D eigenvalue weighted by Gasteiger charge is -2.39. The van der Waals surface area contributed by atoms with Gasteiger partial charge in [0.05, 0.1) is 0 Å². The maximum absolute atomic E-state index is 9.10. The molecule has 0 spiro atoms. The third kappa shape index (κ3) is 3.91. The van der Waals surface area contributed by atoms with E-state index in [1.807, 2.05) is 0 Å². The van der Waals surface area contributed by atoms with Gasteiger partial charge in [-0.3, -0.25) is 0 Å². The van der Waals surface area contributed by atoms with E-state index in [0.717, 1.165) is 24.5 Å². The topological polar surface area (TPSA) is 35.5 Å². The van der Waals surface area contributed by atoms with Crippen molar-refractivity contribution in [1.29, 1.82) is 0 Å². The van der Waals surface area contributed by atoms with Crippen molar-refractivity contribution in [2.75, 3.05) is 18.1 Å². The van der Waals surface area contributed by atoms with Crippen LogP contribution in [0.5, 0.6) is 0 Å². The average Bonchev–Trinajstić information content (AvgIpc) is 3.24. The summed E-state index contributed by atoms with van der Waals surface area (Å²) in [5.41, 5.74) is 2.39. The lowest BCUT2D eigenvalue weighted by Crippen LogP contribution is -2.41. The first-order valence-electron chi connectivity index (χ1n) is 8.17. The van der Waals surface area contributed by atoms with Gasteiger partial charge in [0.25, 0.3) is 0 Å². The van der Waals surface area contributed by atoms with Crippen LogP contribution in [0.2, 0.25) is 5.02 Å². The maximum atomic E-state index is 9.10. The van der Waals surface area contributed by atoms with Gasteiger partial charge in [-0.2, -0.15) is 0 Å². The van der Waals surface area contributed by atoms with E-state index in [-0.39, 0.29) is 6.61 Å². The van der Waals surface area contributed by atoms with Gasteiger partial charge in [-0.05, 0) is 56.2 Å². The van der Waals surface area contributed by atoms with Crippen molar-refractivity contribution in [1.82, 2.24) is 5.32 Å². The summed E-state index contributed by atoms with van der Waals surface area (Å²) in [6.45, 7) is 2.03. The summed E-state index contributed by atoms with van der Waals surface area (Å²) < 4.78 is 0. The highest BCUT2D eigenvalue weighted by Crippen LogP contribution is 2.32. The Hall–Kier alpha value is -0.770. The SMILES string of the molecule is OCCCN(c1ccc(CNC2CC2)c(Cl)c1)C1CCC1. The number of nitrogens with zero attached hydrogens (tertiary/aromatic N) is 1. The summed E-state index contributed by atoms with van der Waals surface area (Å²) in [5.74, 6) is 0. The molecule has 21 heavy (non-hydrogen) atoms. The van der Waals surface area contributed by atoms with E-state index in [2.05, 4.69) is 28.4 Å². The van der Waals surface area contributed by atoms with Gasteiger partial charge in [-0.25, -0.2) is 0 Å². The minimum atomic E-state index is 0.250. The van der Waals surface area contributed by atoms with Crippen molar-refractivity contribution in [3.8, 4) is 0 Å². The summed E-state index contributed by atoms with van der Waals surface area (Å²) in [6.07, 6.45) is 7.25. The Morgan fingerprint density at radius 3 is 2.62 bits per heavy atom. The van der Waals surface area contributed by atoms with Crippen LogP contribution in [-0.2, 0) is 6.54 Å². The van der Waals surface area contributed by atoms with Crippen LogP contribution < -0.4 is 10.2 Å². The van der Waals surface area contributed by atoms with Crippen LogP contribution in [0, 0.1) is 0 Å². The molecule has 0 saturated heterocycles. The molecule has 0 aliphatic heterocycles. The van der Waals surface area contributed by atoms with E-state index in [0.29, 0.717) is 12.1 Å². The number of benzene rings is 1. The molecule has 0 unspecified atom stereocenters. The minimum absolute atomic E-state index is 0.250. The molecule has 0 amide bonds. The molecule has 3 nitrogen and oxygen atoms in total. The Morgan fingerprint density at radius 1 is 1.24 bits per heavy atom. The Kier molecular flexibility index (Phi) is 5.04. The van der Waals surface area contributed by atoms with Crippen LogP contribution in [0.1, 0.15) is 44.1 Å². The number of anilines is 1. The molecule has 0 heterocycles. The molecule has 2 aliphatic carbocycles. The highest BCUT2D eigenvalue weighted by molar-refractivity contribution is 6.31. The molecule has 2 N–H and O–H groups in total. The Morgan fingerprint density at radius 2 is 2.05 bits per heavy atom. The van der Waals surface area contributed by atoms with Crippen LogP contribution in [0.25, 0.3) is 0 Å². The zero-order valence-corrected chi connectivity index (χ0v) is 13.3. The van der Waals surface area contributed by atoms with Crippen molar-refractivity contribution < 1.29 is 5.11 Å². The first-order valence-corrected chi connectivity index (χ1v) is 8.55. The van der Waals surface area contributed by atoms with E-state index in [9.17, 15) is 0 Å². The predicted octanol–water partition coefficient (Wildman–Crippen LogP) is 3.33. The fourth-order valence-electron chi connectivity index (χ4n) is 2.86. The second-order valence-corrected chi connectivity index (χ2v) is 6.69. The number of aliphatic hydroxyl groups is 1. The summed E-state index contributed by atoms with van der Waals surface area (Å²) in [5, 5.41) is 13.5. The average molecular weight is 309 g/mol. The van der Waals surface area contributed by atoms with E-state index < -0.39 is 0 Å². The molecule has 2 saturated carbocycles. The summed E-state index contributed by atoms with van der Waals surface area (Å²) >= 11 is 6.46. The van der Waals surface area contributed by atoms with Crippen molar-refractivity contribution in [2.45, 2.75) is 57.2 Å². The van der Waals surface area contributed by atoms with Gasteiger partial charge in [0, 0.05) is 42.5 Å². The van der Waals surface area contributed by atoms with Crippen molar-refractivity contribution in [3.05, 3.63) is 28.8 Å². The van der Waals surface area contributed by atoms with E-state index in [1.165, 1.54) is 43.4 Å². The van der Waals surface area contributed by atoms with Gasteiger partial charge < -0.3 is 15.3 Å². The quantitative estimate of drug-likeness (QED) is 0.773. The minimum Gasteiger partial charge on any atom is -0.396 e. The maximum Gasteiger partial charge on any atom is 0.0471 e. The number of hydrogen-bond acceptors (Lipinski definition) is 3. The molecule has 116 valence electrons. The summed E-state index contributed by atoms with van der Waals surface area (Å²) in [7, 11) is 0. The lowest BCUT2D eigenvalue weighted by molar-refractivity contribution is 0.283. The summed E-state index contributed by atoms with van der Waals surface area (Å²) in [4.78, 5) is 2.42. The number of hydrogen-bond donors (Lipinski definition) is 2. The molecule has 4 heteroatoms. The molecular formula is C17H25ClN2O. The molecule has 1 aromatic carbocycles. The number of aliphatic hydroxyl groups excluding tert-OH is 1. The number of rotatable bonds is 8. The standard InChI is InChI=1S/C17H25ClN2O/c18-17-11-16(8-5-13(17)12-19-14-6-7-14)20(9-2-10-21)15-3-1-4-15/h5,8,11,14-15,19,21H,1-4,6-7,9-10,12H2. The summed E-state index contributed by atoms with van der Waals surface area (Å²) in [6, 6.07) is 7.77. The highest BCUT2D eigenvalue weighted by atomic mass is 35.5. The van der Waals surface area contributed by atoms with E-state index >= 15 is 0 Å². The zero-order chi connectivity index (χ0) is 14.7. The van der Waals surface area contributed by atoms with Crippen molar-refractivity contribution in [2.24, 2.45) is 0 Å². The van der Waals surface area contributed by atoms with Gasteiger partial charge in [-0.1, -0.05) is 17.7 Å². The highest BCUT2D eigenvalue weighted by Gasteiger charge is 2.25. The third-order valence-corrected chi connectivity index (χ3v) is 4.95. The number of nitrogens with one attached hydrogen (secondary N) is 1. The fourth-order valence-corrected chi connectivity index (χ4v) is 3.10. The molecule has 2 fully saturated rings. The fraction of sp³-hybridized carbons (Fsp3) is 0.647. The van der Waals surface area contributed by atoms with Gasteiger partial charge in [-0.15, -0.1) is 0 Å². The van der Waals surface area contributed by atoms with Gasteiger partial charge in [0.15, 0.2) is 0 Å². The zero-order valence-electron chi connectivity index (χ0n) is 12.5. The first-order chi connectivity index (χ1) is 10.3. The lowest BCUT2D eigenvalue weighted by atomic mass is 9.91. The van der Waals surface area contributed by atoms with Crippen LogP contribution in [0.15, 0.2) is 18.2 Å². The van der Waals surface area contributed by atoms with Gasteiger partial charge >= 0.3 is 0 Å². The second-order valence-electron chi connectivity index (χ2n) is 6.29. The molecule has 0 atom stereocenters. The van der Waals surface area contributed by atoms with Crippen LogP contribution in [0.3, 0.4) is 0 Å². The molecule has 2 aliphatic rings. The van der Waals surface area contributed by atoms with Crippen LogP contribution >= 0.6 is 11.6 Å². The van der Waals surface area contributed by atoms with Crippen LogP contribution in [0.4, 0.5) is 5.69 Å². The largest absolute Gasteiger partial charge is 0.396 e. The van der Waals surface area contributed by atoms with Gasteiger partial charge in [0.2, 0.25) is 0 Å². The van der Waals surface area contributed by atoms with Gasteiger partial charge in [0.1, 0.15) is 0 Å². The second kappa shape index (κ2) is 6.99. The smallest absolute Gasteiger partial charge is 0.0471 e. The van der Waals surface area contributed by atoms with Crippen molar-refractivity contribution in [3.63, 3.8) is 0 Å². The molecule has 0 bridgehead atoms. The van der Waals surface area contributed by atoms with Crippen LogP contribution in [-0.4, -0.2) is 30.3 Å². The molecule has 3 rings (SSSR count). The van der Waals surface area contributed by atoms with Crippen molar-refractivity contribution >= 4 is 17.3 Å².